The molecule has 0 radical (unpaired) electrons. The van der Waals surface area contributed by atoms with E-state index in [1.54, 1.807) is 18.4 Å². The summed E-state index contributed by atoms with van der Waals surface area (Å²) in [5.74, 6) is 1.94. The van der Waals surface area contributed by atoms with E-state index in [0.717, 1.165) is 23.8 Å². The van der Waals surface area contributed by atoms with Gasteiger partial charge in [0.15, 0.2) is 5.96 Å². The Bertz CT molecular complexity index is 600. The quantitative estimate of drug-likeness (QED) is 0.233. The smallest absolute Gasteiger partial charge is 0.191 e. The highest BCUT2D eigenvalue weighted by Crippen LogP contribution is 2.29. The molecule has 1 atom stereocenters. The number of nitrogens with one attached hydrogen (secondary N) is 2. The van der Waals surface area contributed by atoms with Gasteiger partial charge in [0.1, 0.15) is 6.10 Å². The van der Waals surface area contributed by atoms with Crippen molar-refractivity contribution in [1.82, 2.24) is 10.6 Å². The molecular weight excluding hydrogens is 453 g/mol. The summed E-state index contributed by atoms with van der Waals surface area (Å²) in [5, 5.41) is 18.0. The zero-order valence-electron chi connectivity index (χ0n) is 14.1. The van der Waals surface area contributed by atoms with Gasteiger partial charge in [-0.3, -0.25) is 4.99 Å². The summed E-state index contributed by atoms with van der Waals surface area (Å²) in [6.45, 7) is 1.36. The Kier molecular flexibility index (Phi) is 10.7. The van der Waals surface area contributed by atoms with E-state index in [1.807, 2.05) is 23.9 Å². The molecule has 1 heterocycles. The van der Waals surface area contributed by atoms with E-state index in [9.17, 15) is 5.11 Å². The van der Waals surface area contributed by atoms with Gasteiger partial charge in [0.2, 0.25) is 0 Å². The molecule has 3 N–H and O–H groups in total. The summed E-state index contributed by atoms with van der Waals surface area (Å²) in [7, 11) is 1.75. The number of aliphatic hydroxyl groups excluding tert-OH is 1. The third-order valence-electron chi connectivity index (χ3n) is 3.53. The fourth-order valence-electron chi connectivity index (χ4n) is 2.26. The minimum atomic E-state index is -0.526. The zero-order chi connectivity index (χ0) is 16.5. The van der Waals surface area contributed by atoms with Crippen LogP contribution in [0.4, 0.5) is 0 Å². The SMILES string of the molecule is CN=C(NCCCCSC)NCC(O)c1cc2ccccc2s1.I. The van der Waals surface area contributed by atoms with Gasteiger partial charge in [-0.25, -0.2) is 0 Å². The highest BCUT2D eigenvalue weighted by Gasteiger charge is 2.11. The Morgan fingerprint density at radius 1 is 1.29 bits per heavy atom. The fourth-order valence-corrected chi connectivity index (χ4v) is 3.80. The van der Waals surface area contributed by atoms with Gasteiger partial charge in [0.25, 0.3) is 0 Å². The first-order chi connectivity index (χ1) is 11.2. The number of hydrogen-bond donors (Lipinski definition) is 3. The second kappa shape index (κ2) is 11.9. The van der Waals surface area contributed by atoms with Crippen molar-refractivity contribution in [2.24, 2.45) is 4.99 Å². The van der Waals surface area contributed by atoms with Crippen LogP contribution in [0.15, 0.2) is 35.3 Å². The average molecular weight is 479 g/mol. The van der Waals surface area contributed by atoms with Gasteiger partial charge in [-0.15, -0.1) is 35.3 Å². The lowest BCUT2D eigenvalue weighted by atomic mass is 10.2. The van der Waals surface area contributed by atoms with Crippen LogP contribution in [0.1, 0.15) is 23.8 Å². The first-order valence-electron chi connectivity index (χ1n) is 7.84. The Labute approximate surface area is 169 Å². The minimum absolute atomic E-state index is 0. The van der Waals surface area contributed by atoms with Crippen molar-refractivity contribution in [2.75, 3.05) is 32.1 Å². The molecule has 24 heavy (non-hydrogen) atoms. The van der Waals surface area contributed by atoms with Gasteiger partial charge >= 0.3 is 0 Å². The zero-order valence-corrected chi connectivity index (χ0v) is 18.1. The maximum Gasteiger partial charge on any atom is 0.191 e. The van der Waals surface area contributed by atoms with E-state index in [1.165, 1.54) is 22.3 Å². The lowest BCUT2D eigenvalue weighted by Gasteiger charge is -2.14. The number of nitrogens with zero attached hydrogens (tertiary/aromatic N) is 1. The second-order valence-corrected chi connectivity index (χ2v) is 7.38. The summed E-state index contributed by atoms with van der Waals surface area (Å²) in [4.78, 5) is 5.18. The molecule has 1 aromatic heterocycles. The number of unbranched alkanes of at least 4 members (excludes halogenated alkanes) is 1. The van der Waals surface area contributed by atoms with Gasteiger partial charge in [0, 0.05) is 29.7 Å². The Hall–Kier alpha value is -0.510. The number of hydrogen-bond acceptors (Lipinski definition) is 4. The molecule has 0 amide bonds. The second-order valence-electron chi connectivity index (χ2n) is 5.28. The number of thiophene rings is 1. The van der Waals surface area contributed by atoms with Crippen molar-refractivity contribution in [3.63, 3.8) is 0 Å². The van der Waals surface area contributed by atoms with E-state index in [0.29, 0.717) is 6.54 Å². The molecule has 2 aromatic rings. The predicted octanol–water partition coefficient (Wildman–Crippen LogP) is 3.86. The van der Waals surface area contributed by atoms with Crippen molar-refractivity contribution in [1.29, 1.82) is 0 Å². The van der Waals surface area contributed by atoms with Gasteiger partial charge in [-0.05, 0) is 42.4 Å². The van der Waals surface area contributed by atoms with Gasteiger partial charge < -0.3 is 15.7 Å². The Morgan fingerprint density at radius 3 is 2.79 bits per heavy atom. The lowest BCUT2D eigenvalue weighted by molar-refractivity contribution is 0.184. The number of guanidine groups is 1. The van der Waals surface area contributed by atoms with Crippen LogP contribution in [0.3, 0.4) is 0 Å². The van der Waals surface area contributed by atoms with Crippen LogP contribution < -0.4 is 10.6 Å². The molecule has 0 spiro atoms. The largest absolute Gasteiger partial charge is 0.386 e. The van der Waals surface area contributed by atoms with E-state index >= 15 is 0 Å². The summed E-state index contributed by atoms with van der Waals surface area (Å²) >= 11 is 3.51. The molecule has 0 aliphatic rings. The van der Waals surface area contributed by atoms with Crippen molar-refractivity contribution >= 4 is 63.1 Å². The minimum Gasteiger partial charge on any atom is -0.386 e. The Balaban J connectivity index is 0.00000288. The van der Waals surface area contributed by atoms with E-state index in [4.69, 9.17) is 0 Å². The van der Waals surface area contributed by atoms with E-state index < -0.39 is 6.10 Å². The first-order valence-corrected chi connectivity index (χ1v) is 10.1. The number of aliphatic hydroxyl groups is 1. The highest BCUT2D eigenvalue weighted by molar-refractivity contribution is 14.0. The number of thioether (sulfide) groups is 1. The molecule has 4 nitrogen and oxygen atoms in total. The number of fused-ring (bicyclic) bond motifs is 1. The van der Waals surface area contributed by atoms with Gasteiger partial charge in [0.05, 0.1) is 0 Å². The van der Waals surface area contributed by atoms with Crippen LogP contribution >= 0.6 is 47.1 Å². The first kappa shape index (κ1) is 21.5. The van der Waals surface area contributed by atoms with E-state index in [2.05, 4.69) is 40.1 Å². The third kappa shape index (κ3) is 6.78. The van der Waals surface area contributed by atoms with Crippen LogP contribution in [0, 0.1) is 0 Å². The van der Waals surface area contributed by atoms with Crippen LogP contribution in [0.5, 0.6) is 0 Å². The van der Waals surface area contributed by atoms with Crippen LogP contribution in [-0.4, -0.2) is 43.2 Å². The molecule has 7 heteroatoms. The fraction of sp³-hybridized carbons (Fsp3) is 0.471. The molecular formula is C17H26IN3OS2. The molecule has 0 saturated carbocycles. The summed E-state index contributed by atoms with van der Waals surface area (Å²) in [6, 6.07) is 10.3. The number of aliphatic imine (C=N–C) groups is 1. The van der Waals surface area contributed by atoms with Crippen LogP contribution in [0.2, 0.25) is 0 Å². The maximum absolute atomic E-state index is 10.4. The average Bonchev–Trinajstić information content (AvgIpc) is 3.01. The van der Waals surface area contributed by atoms with Crippen molar-refractivity contribution in [3.8, 4) is 0 Å². The highest BCUT2D eigenvalue weighted by atomic mass is 127. The molecule has 1 unspecified atom stereocenters. The van der Waals surface area contributed by atoms with Gasteiger partial charge in [-0.1, -0.05) is 18.2 Å². The maximum atomic E-state index is 10.4. The van der Waals surface area contributed by atoms with Gasteiger partial charge in [-0.2, -0.15) is 11.8 Å². The molecule has 0 saturated heterocycles. The normalized spacial score (nSPS) is 12.7. The molecule has 134 valence electrons. The standard InChI is InChI=1S/C17H25N3OS2.HI/c1-18-17(19-9-5-6-10-22-2)20-12-14(21)16-11-13-7-3-4-8-15(13)23-16;/h3-4,7-8,11,14,21H,5-6,9-10,12H2,1-2H3,(H2,18,19,20);1H. The molecule has 0 fully saturated rings. The lowest BCUT2D eigenvalue weighted by Crippen LogP contribution is -2.39. The van der Waals surface area contributed by atoms with Crippen molar-refractivity contribution in [2.45, 2.75) is 18.9 Å². The molecule has 0 bridgehead atoms. The third-order valence-corrected chi connectivity index (χ3v) is 5.44. The predicted molar refractivity (Wildman–Crippen MR) is 119 cm³/mol. The summed E-state index contributed by atoms with van der Waals surface area (Å²) in [6.07, 6.45) is 3.93. The van der Waals surface area contributed by atoms with Crippen molar-refractivity contribution in [3.05, 3.63) is 35.2 Å². The number of halogens is 1. The number of rotatable bonds is 8. The Morgan fingerprint density at radius 2 is 2.08 bits per heavy atom. The van der Waals surface area contributed by atoms with Crippen LogP contribution in [-0.2, 0) is 0 Å². The van der Waals surface area contributed by atoms with Crippen molar-refractivity contribution < 1.29 is 5.11 Å². The monoisotopic (exact) mass is 479 g/mol. The number of benzene rings is 1. The molecule has 0 aliphatic heterocycles. The molecule has 2 rings (SSSR count). The molecule has 1 aromatic carbocycles. The summed E-state index contributed by atoms with van der Waals surface area (Å²) in [5.41, 5.74) is 0. The molecule has 0 aliphatic carbocycles. The topological polar surface area (TPSA) is 56.7 Å². The van der Waals surface area contributed by atoms with E-state index in [-0.39, 0.29) is 24.0 Å². The summed E-state index contributed by atoms with van der Waals surface area (Å²) < 4.78 is 1.21. The van der Waals surface area contributed by atoms with Crippen LogP contribution in [0.25, 0.3) is 10.1 Å².